The Kier molecular flexibility index (Phi) is 4.99. The highest BCUT2D eigenvalue weighted by atomic mass is 79.9. The van der Waals surface area contributed by atoms with Crippen LogP contribution in [0.1, 0.15) is 25.3 Å². The Morgan fingerprint density at radius 1 is 1.55 bits per heavy atom. The Morgan fingerprint density at radius 2 is 2.30 bits per heavy atom. The van der Waals surface area contributed by atoms with Crippen molar-refractivity contribution in [3.8, 4) is 0 Å². The molecule has 5 nitrogen and oxygen atoms in total. The molecule has 0 amide bonds. The SMILES string of the molecule is CCN(c1cc(C)c([N+](=O)[O-])cc1Br)C1CCCNC1. The van der Waals surface area contributed by atoms with E-state index in [1.54, 1.807) is 13.0 Å². The van der Waals surface area contributed by atoms with Gasteiger partial charge in [0.1, 0.15) is 0 Å². The van der Waals surface area contributed by atoms with Gasteiger partial charge in [-0.1, -0.05) is 0 Å². The fraction of sp³-hybridized carbons (Fsp3) is 0.571. The highest BCUT2D eigenvalue weighted by Gasteiger charge is 2.23. The van der Waals surface area contributed by atoms with Crippen molar-refractivity contribution in [3.05, 3.63) is 32.3 Å². The predicted molar refractivity (Wildman–Crippen MR) is 84.4 cm³/mol. The molecule has 0 bridgehead atoms. The summed E-state index contributed by atoms with van der Waals surface area (Å²) >= 11 is 3.49. The molecule has 1 fully saturated rings. The summed E-state index contributed by atoms with van der Waals surface area (Å²) < 4.78 is 0.794. The highest BCUT2D eigenvalue weighted by Crippen LogP contribution is 2.34. The molecule has 1 unspecified atom stereocenters. The smallest absolute Gasteiger partial charge is 0.273 e. The van der Waals surface area contributed by atoms with Crippen molar-refractivity contribution in [2.24, 2.45) is 0 Å². The summed E-state index contributed by atoms with van der Waals surface area (Å²) in [5.74, 6) is 0. The van der Waals surface area contributed by atoms with Gasteiger partial charge in [-0.15, -0.1) is 0 Å². The molecule has 0 aromatic heterocycles. The monoisotopic (exact) mass is 341 g/mol. The molecule has 0 radical (unpaired) electrons. The van der Waals surface area contributed by atoms with Crippen molar-refractivity contribution in [1.29, 1.82) is 0 Å². The van der Waals surface area contributed by atoms with Crippen molar-refractivity contribution in [3.63, 3.8) is 0 Å². The van der Waals surface area contributed by atoms with Crippen LogP contribution in [-0.4, -0.2) is 30.6 Å². The lowest BCUT2D eigenvalue weighted by Crippen LogP contribution is -2.46. The Hall–Kier alpha value is -1.14. The van der Waals surface area contributed by atoms with Gasteiger partial charge >= 0.3 is 0 Å². The Balaban J connectivity index is 2.34. The molecule has 1 saturated heterocycles. The van der Waals surface area contributed by atoms with Gasteiger partial charge in [-0.05, 0) is 55.2 Å². The Morgan fingerprint density at radius 3 is 2.85 bits per heavy atom. The largest absolute Gasteiger partial charge is 0.367 e. The number of piperidine rings is 1. The normalized spacial score (nSPS) is 18.9. The second-order valence-electron chi connectivity index (χ2n) is 5.13. The van der Waals surface area contributed by atoms with E-state index in [0.29, 0.717) is 11.6 Å². The van der Waals surface area contributed by atoms with E-state index < -0.39 is 0 Å². The van der Waals surface area contributed by atoms with Crippen LogP contribution in [0, 0.1) is 17.0 Å². The van der Waals surface area contributed by atoms with Crippen LogP contribution in [0.3, 0.4) is 0 Å². The van der Waals surface area contributed by atoms with Crippen LogP contribution in [0.15, 0.2) is 16.6 Å². The minimum absolute atomic E-state index is 0.165. The molecule has 6 heteroatoms. The van der Waals surface area contributed by atoms with E-state index in [9.17, 15) is 10.1 Å². The molecule has 1 heterocycles. The molecule has 1 atom stereocenters. The van der Waals surface area contributed by atoms with Gasteiger partial charge in [0, 0.05) is 35.2 Å². The maximum Gasteiger partial charge on any atom is 0.273 e. The van der Waals surface area contributed by atoms with E-state index in [1.165, 1.54) is 6.42 Å². The lowest BCUT2D eigenvalue weighted by molar-refractivity contribution is -0.385. The van der Waals surface area contributed by atoms with E-state index >= 15 is 0 Å². The van der Waals surface area contributed by atoms with Crippen molar-refractivity contribution in [2.75, 3.05) is 24.5 Å². The number of nitro groups is 1. The lowest BCUT2D eigenvalue weighted by Gasteiger charge is -2.36. The van der Waals surface area contributed by atoms with Crippen LogP contribution >= 0.6 is 15.9 Å². The molecule has 2 rings (SSSR count). The minimum atomic E-state index is -0.331. The summed E-state index contributed by atoms with van der Waals surface area (Å²) in [6.45, 7) is 6.85. The summed E-state index contributed by atoms with van der Waals surface area (Å²) in [6, 6.07) is 3.98. The summed E-state index contributed by atoms with van der Waals surface area (Å²) in [6.07, 6.45) is 2.33. The number of nitro benzene ring substituents is 1. The number of benzene rings is 1. The topological polar surface area (TPSA) is 58.4 Å². The van der Waals surface area contributed by atoms with E-state index in [4.69, 9.17) is 0 Å². The number of nitrogens with zero attached hydrogens (tertiary/aromatic N) is 2. The first-order valence-corrected chi connectivity index (χ1v) is 7.75. The standard InChI is InChI=1S/C14H20BrN3O2/c1-3-17(11-5-4-6-16-9-11)14-7-10(2)13(18(19)20)8-12(14)15/h7-8,11,16H,3-6,9H2,1-2H3. The van der Waals surface area contributed by atoms with Crippen molar-refractivity contribution >= 4 is 27.3 Å². The molecular weight excluding hydrogens is 322 g/mol. The van der Waals surface area contributed by atoms with E-state index in [1.807, 2.05) is 6.07 Å². The van der Waals surface area contributed by atoms with Gasteiger partial charge < -0.3 is 10.2 Å². The van der Waals surface area contributed by atoms with E-state index in [2.05, 4.69) is 33.1 Å². The maximum absolute atomic E-state index is 11.0. The zero-order chi connectivity index (χ0) is 14.7. The fourth-order valence-corrected chi connectivity index (χ4v) is 3.36. The van der Waals surface area contributed by atoms with Crippen molar-refractivity contribution in [1.82, 2.24) is 5.32 Å². The first-order chi connectivity index (χ1) is 9.54. The van der Waals surface area contributed by atoms with E-state index in [0.717, 1.165) is 36.2 Å². The number of hydrogen-bond acceptors (Lipinski definition) is 4. The fourth-order valence-electron chi connectivity index (χ4n) is 2.80. The number of nitrogens with one attached hydrogen (secondary N) is 1. The molecule has 1 aliphatic heterocycles. The van der Waals surface area contributed by atoms with Gasteiger partial charge in [-0.3, -0.25) is 10.1 Å². The number of halogens is 1. The highest BCUT2D eigenvalue weighted by molar-refractivity contribution is 9.10. The molecule has 1 aromatic carbocycles. The number of aryl methyl sites for hydroxylation is 1. The minimum Gasteiger partial charge on any atom is -0.367 e. The molecule has 0 aliphatic carbocycles. The van der Waals surface area contributed by atoms with Crippen LogP contribution in [0.25, 0.3) is 0 Å². The van der Waals surface area contributed by atoms with Crippen LogP contribution in [-0.2, 0) is 0 Å². The van der Waals surface area contributed by atoms with Gasteiger partial charge in [0.05, 0.1) is 10.6 Å². The quantitative estimate of drug-likeness (QED) is 0.674. The number of hydrogen-bond donors (Lipinski definition) is 1. The number of rotatable bonds is 4. The summed E-state index contributed by atoms with van der Waals surface area (Å²) in [4.78, 5) is 13.0. The third-order valence-corrected chi connectivity index (χ3v) is 4.46. The Bertz CT molecular complexity index is 501. The summed E-state index contributed by atoms with van der Waals surface area (Å²) in [7, 11) is 0. The van der Waals surface area contributed by atoms with Crippen molar-refractivity contribution < 1.29 is 4.92 Å². The van der Waals surface area contributed by atoms with Gasteiger partial charge in [0.2, 0.25) is 0 Å². The number of anilines is 1. The summed E-state index contributed by atoms with van der Waals surface area (Å²) in [5, 5.41) is 14.4. The molecule has 0 saturated carbocycles. The van der Waals surface area contributed by atoms with Crippen LogP contribution < -0.4 is 10.2 Å². The third kappa shape index (κ3) is 3.12. The van der Waals surface area contributed by atoms with Crippen LogP contribution in [0.5, 0.6) is 0 Å². The second kappa shape index (κ2) is 6.54. The zero-order valence-electron chi connectivity index (χ0n) is 11.9. The Labute approximate surface area is 127 Å². The van der Waals surface area contributed by atoms with Crippen molar-refractivity contribution in [2.45, 2.75) is 32.7 Å². The second-order valence-corrected chi connectivity index (χ2v) is 5.99. The van der Waals surface area contributed by atoms with Gasteiger partial charge in [0.15, 0.2) is 0 Å². The molecule has 110 valence electrons. The average Bonchev–Trinajstić information content (AvgIpc) is 2.44. The van der Waals surface area contributed by atoms with Gasteiger partial charge in [-0.2, -0.15) is 0 Å². The van der Waals surface area contributed by atoms with E-state index in [-0.39, 0.29) is 10.6 Å². The van der Waals surface area contributed by atoms with Crippen LogP contribution in [0.2, 0.25) is 0 Å². The molecular formula is C14H20BrN3O2. The molecule has 1 aromatic rings. The van der Waals surface area contributed by atoms with Gasteiger partial charge in [0.25, 0.3) is 5.69 Å². The first-order valence-electron chi connectivity index (χ1n) is 6.96. The average molecular weight is 342 g/mol. The predicted octanol–water partition coefficient (Wildman–Crippen LogP) is 3.24. The molecule has 20 heavy (non-hydrogen) atoms. The molecule has 1 N–H and O–H groups in total. The van der Waals surface area contributed by atoms with Gasteiger partial charge in [-0.25, -0.2) is 0 Å². The number of likely N-dealkylation sites (N-methyl/N-ethyl adjacent to an activating group) is 1. The first kappa shape index (κ1) is 15.3. The summed E-state index contributed by atoms with van der Waals surface area (Å²) in [5.41, 5.74) is 1.91. The molecule has 1 aliphatic rings. The maximum atomic E-state index is 11.0. The lowest BCUT2D eigenvalue weighted by atomic mass is 10.0. The molecule has 0 spiro atoms. The third-order valence-electron chi connectivity index (χ3n) is 3.82. The van der Waals surface area contributed by atoms with Crippen LogP contribution in [0.4, 0.5) is 11.4 Å². The zero-order valence-corrected chi connectivity index (χ0v) is 13.4.